The van der Waals surface area contributed by atoms with E-state index >= 15 is 0 Å². The maximum Gasteiger partial charge on any atom is 0.272 e. The molecule has 0 saturated heterocycles. The van der Waals surface area contributed by atoms with Gasteiger partial charge >= 0.3 is 0 Å². The first-order valence-electron chi connectivity index (χ1n) is 8.35. The molecule has 0 aliphatic heterocycles. The van der Waals surface area contributed by atoms with Crippen molar-refractivity contribution in [2.75, 3.05) is 11.0 Å². The second-order valence-corrected chi connectivity index (χ2v) is 9.06. The van der Waals surface area contributed by atoms with Crippen molar-refractivity contribution in [1.29, 1.82) is 0 Å². The zero-order valence-corrected chi connectivity index (χ0v) is 16.3. The number of thiophene rings is 1. The van der Waals surface area contributed by atoms with Crippen LogP contribution < -0.4 is 10.1 Å². The van der Waals surface area contributed by atoms with Gasteiger partial charge in [0, 0.05) is 15.9 Å². The van der Waals surface area contributed by atoms with Crippen LogP contribution in [0.3, 0.4) is 0 Å². The van der Waals surface area contributed by atoms with Gasteiger partial charge < -0.3 is 0 Å². The van der Waals surface area contributed by atoms with Gasteiger partial charge in [0.2, 0.25) is 10.0 Å². The zero-order valence-electron chi connectivity index (χ0n) is 14.7. The number of nitrogens with zero attached hydrogens (tertiary/aromatic N) is 1. The Labute approximate surface area is 157 Å². The summed E-state index contributed by atoms with van der Waals surface area (Å²) in [5.41, 5.74) is 6.46. The van der Waals surface area contributed by atoms with E-state index in [1.54, 1.807) is 42.5 Å². The van der Waals surface area contributed by atoms with E-state index in [4.69, 9.17) is 0 Å². The Morgan fingerprint density at radius 3 is 2.54 bits per heavy atom. The van der Waals surface area contributed by atoms with Crippen molar-refractivity contribution in [1.82, 2.24) is 5.43 Å². The minimum atomic E-state index is -3.30. The van der Waals surface area contributed by atoms with Crippen molar-refractivity contribution in [3.8, 4) is 0 Å². The average molecular weight is 392 g/mol. The molecule has 3 rings (SSSR count). The molecule has 1 amide bonds. The number of amides is 1. The maximum absolute atomic E-state index is 12.4. The summed E-state index contributed by atoms with van der Waals surface area (Å²) in [5.74, 6) is -0.181. The summed E-state index contributed by atoms with van der Waals surface area (Å²) in [6, 6.07) is 6.83. The highest BCUT2D eigenvalue weighted by Gasteiger charge is 2.19. The number of hydrazone groups is 1. The standard InChI is InChI=1S/C18H21N3O3S2/c1-12(13-7-9-14(10-8-13)21-26(2,23)24)19-20-18(22)16-11-25-17-6-4-3-5-15(16)17/h7-11,21H,3-6H2,1-2H3,(H,20,22)/b19-12+. The van der Waals surface area contributed by atoms with Crippen LogP contribution in [0.5, 0.6) is 0 Å². The van der Waals surface area contributed by atoms with E-state index in [1.165, 1.54) is 16.9 Å². The van der Waals surface area contributed by atoms with Crippen LogP contribution in [0.25, 0.3) is 0 Å². The van der Waals surface area contributed by atoms with Crippen LogP contribution in [-0.2, 0) is 22.9 Å². The largest absolute Gasteiger partial charge is 0.284 e. The van der Waals surface area contributed by atoms with Crippen LogP contribution in [0.4, 0.5) is 5.69 Å². The van der Waals surface area contributed by atoms with Crippen molar-refractivity contribution in [3.63, 3.8) is 0 Å². The lowest BCUT2D eigenvalue weighted by Crippen LogP contribution is -2.20. The summed E-state index contributed by atoms with van der Waals surface area (Å²) in [4.78, 5) is 13.8. The SMILES string of the molecule is C/C(=N\NC(=O)c1csc2c1CCCC2)c1ccc(NS(C)(=O)=O)cc1. The molecule has 138 valence electrons. The van der Waals surface area contributed by atoms with Gasteiger partial charge in [-0.05, 0) is 55.9 Å². The van der Waals surface area contributed by atoms with Crippen molar-refractivity contribution in [3.05, 3.63) is 51.2 Å². The molecule has 1 heterocycles. The molecule has 2 aromatic rings. The lowest BCUT2D eigenvalue weighted by Gasteiger charge is -2.12. The number of anilines is 1. The number of benzene rings is 1. The van der Waals surface area contributed by atoms with E-state index in [0.717, 1.165) is 36.6 Å². The third-order valence-electron chi connectivity index (χ3n) is 4.24. The second-order valence-electron chi connectivity index (χ2n) is 6.35. The number of hydrogen-bond donors (Lipinski definition) is 2. The molecule has 0 saturated carbocycles. The normalized spacial score (nSPS) is 14.6. The molecule has 0 spiro atoms. The molecule has 0 fully saturated rings. The van der Waals surface area contributed by atoms with Crippen LogP contribution >= 0.6 is 11.3 Å². The molecule has 1 aromatic heterocycles. The van der Waals surface area contributed by atoms with Gasteiger partial charge in [0.1, 0.15) is 0 Å². The molecule has 0 bridgehead atoms. The smallest absolute Gasteiger partial charge is 0.272 e. The zero-order chi connectivity index (χ0) is 18.7. The Morgan fingerprint density at radius 2 is 1.85 bits per heavy atom. The minimum absolute atomic E-state index is 0.181. The molecule has 1 aliphatic rings. The van der Waals surface area contributed by atoms with E-state index in [2.05, 4.69) is 15.2 Å². The number of hydrogen-bond acceptors (Lipinski definition) is 5. The van der Waals surface area contributed by atoms with Crippen LogP contribution in [0.2, 0.25) is 0 Å². The highest BCUT2D eigenvalue weighted by molar-refractivity contribution is 7.92. The quantitative estimate of drug-likeness (QED) is 0.606. The summed E-state index contributed by atoms with van der Waals surface area (Å²) in [7, 11) is -3.30. The number of carbonyl (C=O) groups is 1. The molecule has 1 aromatic carbocycles. The number of rotatable bonds is 5. The number of carbonyl (C=O) groups excluding carboxylic acids is 1. The molecule has 2 N–H and O–H groups in total. The molecular formula is C18H21N3O3S2. The predicted octanol–water partition coefficient (Wildman–Crippen LogP) is 3.15. The van der Waals surface area contributed by atoms with Gasteiger partial charge in [-0.3, -0.25) is 9.52 Å². The van der Waals surface area contributed by atoms with Gasteiger partial charge in [-0.15, -0.1) is 11.3 Å². The van der Waals surface area contributed by atoms with Gasteiger partial charge in [-0.1, -0.05) is 12.1 Å². The topological polar surface area (TPSA) is 87.6 Å². The summed E-state index contributed by atoms with van der Waals surface area (Å²) in [6.45, 7) is 1.79. The Morgan fingerprint density at radius 1 is 1.15 bits per heavy atom. The monoisotopic (exact) mass is 391 g/mol. The lowest BCUT2D eigenvalue weighted by atomic mass is 9.96. The van der Waals surface area contributed by atoms with Crippen molar-refractivity contribution in [2.45, 2.75) is 32.6 Å². The first-order valence-corrected chi connectivity index (χ1v) is 11.1. The molecule has 0 radical (unpaired) electrons. The summed E-state index contributed by atoms with van der Waals surface area (Å²) in [5, 5.41) is 6.11. The van der Waals surface area contributed by atoms with E-state index in [1.807, 2.05) is 5.38 Å². The van der Waals surface area contributed by atoms with Gasteiger partial charge in [0.05, 0.1) is 17.5 Å². The van der Waals surface area contributed by atoms with Crippen molar-refractivity contribution >= 4 is 38.7 Å². The third kappa shape index (κ3) is 4.50. The number of nitrogens with one attached hydrogen (secondary N) is 2. The fourth-order valence-electron chi connectivity index (χ4n) is 2.94. The van der Waals surface area contributed by atoms with Gasteiger partial charge in [0.15, 0.2) is 0 Å². The lowest BCUT2D eigenvalue weighted by molar-refractivity contribution is 0.0954. The van der Waals surface area contributed by atoms with Crippen LogP contribution in [-0.4, -0.2) is 26.3 Å². The van der Waals surface area contributed by atoms with Gasteiger partial charge in [-0.2, -0.15) is 5.10 Å². The van der Waals surface area contributed by atoms with Crippen LogP contribution in [0.15, 0.2) is 34.7 Å². The van der Waals surface area contributed by atoms with Crippen molar-refractivity contribution < 1.29 is 13.2 Å². The predicted molar refractivity (Wildman–Crippen MR) is 106 cm³/mol. The highest BCUT2D eigenvalue weighted by atomic mass is 32.2. The van der Waals surface area contributed by atoms with Gasteiger partial charge in [0.25, 0.3) is 5.91 Å². The summed E-state index contributed by atoms with van der Waals surface area (Å²) in [6.07, 6.45) is 5.44. The highest BCUT2D eigenvalue weighted by Crippen LogP contribution is 2.30. The van der Waals surface area contributed by atoms with E-state index < -0.39 is 10.0 Å². The van der Waals surface area contributed by atoms with E-state index in [9.17, 15) is 13.2 Å². The van der Waals surface area contributed by atoms with Gasteiger partial charge in [-0.25, -0.2) is 13.8 Å². The number of fused-ring (bicyclic) bond motifs is 1. The van der Waals surface area contributed by atoms with Crippen molar-refractivity contribution in [2.24, 2.45) is 5.10 Å². The maximum atomic E-state index is 12.4. The summed E-state index contributed by atoms with van der Waals surface area (Å²) >= 11 is 1.65. The number of aryl methyl sites for hydroxylation is 1. The van der Waals surface area contributed by atoms with Crippen LogP contribution in [0.1, 0.15) is 46.1 Å². The minimum Gasteiger partial charge on any atom is -0.284 e. The Hall–Kier alpha value is -2.19. The van der Waals surface area contributed by atoms with E-state index in [-0.39, 0.29) is 5.91 Å². The molecule has 0 atom stereocenters. The molecule has 8 heteroatoms. The van der Waals surface area contributed by atoms with Crippen LogP contribution in [0, 0.1) is 0 Å². The Bertz CT molecular complexity index is 945. The average Bonchev–Trinajstić information content (AvgIpc) is 3.03. The molecule has 0 unspecified atom stereocenters. The molecule has 26 heavy (non-hydrogen) atoms. The summed E-state index contributed by atoms with van der Waals surface area (Å²) < 4.78 is 24.9. The first kappa shape index (κ1) is 18.6. The Kier molecular flexibility index (Phi) is 5.43. The number of sulfonamides is 1. The Balaban J connectivity index is 1.68. The first-order chi connectivity index (χ1) is 12.3. The molecule has 6 nitrogen and oxygen atoms in total. The fourth-order valence-corrected chi connectivity index (χ4v) is 4.63. The molecular weight excluding hydrogens is 370 g/mol. The van der Waals surface area contributed by atoms with E-state index in [0.29, 0.717) is 11.4 Å². The fraction of sp³-hybridized carbons (Fsp3) is 0.333. The second kappa shape index (κ2) is 7.59. The third-order valence-corrected chi connectivity index (χ3v) is 5.93. The molecule has 1 aliphatic carbocycles.